The number of thioether (sulfide) groups is 1. The number of rotatable bonds is 6. The molecule has 1 fully saturated rings. The zero-order valence-electron chi connectivity index (χ0n) is 14.3. The molecule has 1 N–H and O–H groups in total. The molecule has 4 atom stereocenters. The highest BCUT2D eigenvalue weighted by molar-refractivity contribution is 8.01. The van der Waals surface area contributed by atoms with Crippen molar-refractivity contribution in [2.24, 2.45) is 5.92 Å². The lowest BCUT2D eigenvalue weighted by molar-refractivity contribution is -0.137. The number of hydrogen-bond acceptors (Lipinski definition) is 4. The van der Waals surface area contributed by atoms with Crippen LogP contribution in [0.4, 0.5) is 13.2 Å². The molecule has 1 aromatic heterocycles. The highest BCUT2D eigenvalue weighted by Crippen LogP contribution is 2.48. The zero-order valence-corrected chi connectivity index (χ0v) is 17.5. The molecule has 0 bridgehead atoms. The van der Waals surface area contributed by atoms with Crippen LogP contribution in [0, 0.1) is 5.92 Å². The van der Waals surface area contributed by atoms with Crippen LogP contribution in [-0.4, -0.2) is 32.6 Å². The fourth-order valence-electron chi connectivity index (χ4n) is 3.44. The molecule has 152 valence electrons. The number of alkyl halides is 5. The average Bonchev–Trinajstić information content (AvgIpc) is 3.19. The van der Waals surface area contributed by atoms with E-state index in [1.54, 1.807) is 0 Å². The Hall–Kier alpha value is -0.960. The number of aromatic nitrogens is 1. The Morgan fingerprint density at radius 1 is 1.25 bits per heavy atom. The highest BCUT2D eigenvalue weighted by atomic mass is 35.5. The maximum absolute atomic E-state index is 12.8. The van der Waals surface area contributed by atoms with Crippen LogP contribution in [0.25, 0.3) is 0 Å². The second kappa shape index (κ2) is 8.81. The molecule has 4 unspecified atom stereocenters. The summed E-state index contributed by atoms with van der Waals surface area (Å²) in [4.78, 5) is 14.9. The summed E-state index contributed by atoms with van der Waals surface area (Å²) in [5, 5.41) is 10.0. The summed E-state index contributed by atoms with van der Waals surface area (Å²) in [5.74, 6) is -0.501. The van der Waals surface area contributed by atoms with Crippen molar-refractivity contribution in [2.45, 2.75) is 40.0 Å². The molecule has 1 aromatic carbocycles. The molecular weight excluding hydrogens is 454 g/mol. The average molecular weight is 470 g/mol. The van der Waals surface area contributed by atoms with Crippen LogP contribution >= 0.6 is 46.3 Å². The van der Waals surface area contributed by atoms with Crippen molar-refractivity contribution in [1.29, 1.82) is 0 Å². The van der Waals surface area contributed by atoms with Gasteiger partial charge in [-0.3, -0.25) is 0 Å². The van der Waals surface area contributed by atoms with Gasteiger partial charge < -0.3 is 5.11 Å². The van der Waals surface area contributed by atoms with Crippen LogP contribution in [0.5, 0.6) is 0 Å². The molecule has 0 spiro atoms. The number of halogens is 5. The number of carboxylic acid groups (broad SMARTS) is 1. The van der Waals surface area contributed by atoms with Crippen LogP contribution in [0.1, 0.15) is 40.4 Å². The second-order valence-corrected chi connectivity index (χ2v) is 9.84. The molecule has 3 rings (SSSR count). The summed E-state index contributed by atoms with van der Waals surface area (Å²) in [5.41, 5.74) is 0.0912. The summed E-state index contributed by atoms with van der Waals surface area (Å²) in [6.07, 6.45) is -3.08. The van der Waals surface area contributed by atoms with Gasteiger partial charge in [-0.1, -0.05) is 23.9 Å². The minimum Gasteiger partial charge on any atom is -0.476 e. The Kier molecular flexibility index (Phi) is 6.84. The SMILES string of the molecule is O=C(O)c1csc(SCCC2C(Cl)CC(Cl)C2c2ccc(C(F)(F)F)cc2)n1. The van der Waals surface area contributed by atoms with Crippen LogP contribution in [-0.2, 0) is 6.18 Å². The third-order valence-corrected chi connectivity index (χ3v) is 7.77. The number of nitrogens with zero attached hydrogens (tertiary/aromatic N) is 1. The van der Waals surface area contributed by atoms with Gasteiger partial charge in [0.05, 0.1) is 5.56 Å². The van der Waals surface area contributed by atoms with E-state index in [-0.39, 0.29) is 28.3 Å². The smallest absolute Gasteiger partial charge is 0.416 e. The zero-order chi connectivity index (χ0) is 20.5. The monoisotopic (exact) mass is 469 g/mol. The minimum atomic E-state index is -4.37. The molecule has 1 aliphatic rings. The lowest BCUT2D eigenvalue weighted by Crippen LogP contribution is -2.18. The first-order valence-electron chi connectivity index (χ1n) is 8.43. The number of benzene rings is 1. The molecule has 1 aliphatic carbocycles. The van der Waals surface area contributed by atoms with Crippen molar-refractivity contribution < 1.29 is 23.1 Å². The summed E-state index contributed by atoms with van der Waals surface area (Å²) < 4.78 is 39.1. The molecule has 10 heteroatoms. The third kappa shape index (κ3) is 4.96. The minimum absolute atomic E-state index is 0.0204. The topological polar surface area (TPSA) is 50.2 Å². The van der Waals surface area contributed by atoms with E-state index < -0.39 is 17.7 Å². The van der Waals surface area contributed by atoms with Gasteiger partial charge >= 0.3 is 12.1 Å². The number of carbonyl (C=O) groups is 1. The molecule has 0 aliphatic heterocycles. The van der Waals surface area contributed by atoms with Crippen molar-refractivity contribution >= 4 is 52.3 Å². The van der Waals surface area contributed by atoms with Crippen LogP contribution in [0.2, 0.25) is 0 Å². The quantitative estimate of drug-likeness (QED) is 0.394. The Bertz CT molecular complexity index is 829. The largest absolute Gasteiger partial charge is 0.476 e. The van der Waals surface area contributed by atoms with Gasteiger partial charge in [-0.05, 0) is 36.5 Å². The number of thiazole rings is 1. The summed E-state index contributed by atoms with van der Waals surface area (Å²) >= 11 is 15.7. The van der Waals surface area contributed by atoms with Crippen molar-refractivity contribution in [3.8, 4) is 0 Å². The molecule has 0 radical (unpaired) electrons. The molecule has 2 aromatic rings. The fourth-order valence-corrected chi connectivity index (χ4v) is 6.45. The van der Waals surface area contributed by atoms with Gasteiger partial charge in [-0.25, -0.2) is 9.78 Å². The van der Waals surface area contributed by atoms with Gasteiger partial charge in [-0.2, -0.15) is 13.2 Å². The maximum Gasteiger partial charge on any atom is 0.416 e. The van der Waals surface area contributed by atoms with Gasteiger partial charge in [0.25, 0.3) is 0 Å². The first-order valence-corrected chi connectivity index (χ1v) is 11.2. The lowest BCUT2D eigenvalue weighted by Gasteiger charge is -2.24. The Labute approximate surface area is 178 Å². The van der Waals surface area contributed by atoms with E-state index in [1.165, 1.54) is 40.6 Å². The standard InChI is InChI=1S/C18H16Cl2F3NO2S2/c19-12-7-13(20)15(9-1-3-10(4-2-9)18(21,22)23)11(12)5-6-27-17-24-14(8-28-17)16(25)26/h1-4,8,11-13,15H,5-7H2,(H,25,26). The van der Waals surface area contributed by atoms with Crippen molar-refractivity contribution in [2.75, 3.05) is 5.75 Å². The fraction of sp³-hybridized carbons (Fsp3) is 0.444. The predicted octanol–water partition coefficient (Wildman–Crippen LogP) is 6.36. The molecule has 0 amide bonds. The van der Waals surface area contributed by atoms with E-state index in [9.17, 15) is 18.0 Å². The third-order valence-electron chi connectivity index (χ3n) is 4.77. The lowest BCUT2D eigenvalue weighted by atomic mass is 9.86. The van der Waals surface area contributed by atoms with Crippen molar-refractivity contribution in [3.63, 3.8) is 0 Å². The first kappa shape index (κ1) is 21.7. The van der Waals surface area contributed by atoms with E-state index >= 15 is 0 Å². The van der Waals surface area contributed by atoms with E-state index in [0.29, 0.717) is 22.9 Å². The summed E-state index contributed by atoms with van der Waals surface area (Å²) in [6.45, 7) is 0. The summed E-state index contributed by atoms with van der Waals surface area (Å²) in [7, 11) is 0. The van der Waals surface area contributed by atoms with E-state index in [4.69, 9.17) is 28.3 Å². The number of aromatic carboxylic acids is 1. The van der Waals surface area contributed by atoms with Gasteiger partial charge in [-0.15, -0.1) is 34.5 Å². The van der Waals surface area contributed by atoms with Crippen molar-refractivity contribution in [3.05, 3.63) is 46.5 Å². The Morgan fingerprint density at radius 2 is 1.93 bits per heavy atom. The molecule has 0 saturated heterocycles. The normalized spacial score (nSPS) is 25.2. The van der Waals surface area contributed by atoms with Crippen LogP contribution < -0.4 is 0 Å². The molecular formula is C18H16Cl2F3NO2S2. The first-order chi connectivity index (χ1) is 13.2. The van der Waals surface area contributed by atoms with Crippen LogP contribution in [0.3, 0.4) is 0 Å². The number of carboxylic acids is 1. The number of hydrogen-bond donors (Lipinski definition) is 1. The Balaban J connectivity index is 1.67. The molecule has 28 heavy (non-hydrogen) atoms. The Morgan fingerprint density at radius 3 is 2.50 bits per heavy atom. The summed E-state index contributed by atoms with van der Waals surface area (Å²) in [6, 6.07) is 5.13. The molecule has 1 heterocycles. The van der Waals surface area contributed by atoms with Gasteiger partial charge in [0.15, 0.2) is 10.0 Å². The van der Waals surface area contributed by atoms with Crippen LogP contribution in [0.15, 0.2) is 34.0 Å². The van der Waals surface area contributed by atoms with Gasteiger partial charge in [0, 0.05) is 27.8 Å². The molecule has 3 nitrogen and oxygen atoms in total. The molecule has 1 saturated carbocycles. The van der Waals surface area contributed by atoms with Gasteiger partial charge in [0.2, 0.25) is 0 Å². The van der Waals surface area contributed by atoms with Gasteiger partial charge in [0.1, 0.15) is 0 Å². The maximum atomic E-state index is 12.8. The van der Waals surface area contributed by atoms with E-state index in [2.05, 4.69) is 4.98 Å². The van der Waals surface area contributed by atoms with E-state index in [1.807, 2.05) is 0 Å². The van der Waals surface area contributed by atoms with Crippen molar-refractivity contribution in [1.82, 2.24) is 4.98 Å². The second-order valence-electron chi connectivity index (χ2n) is 6.52. The predicted molar refractivity (Wildman–Crippen MR) is 106 cm³/mol. The van der Waals surface area contributed by atoms with E-state index in [0.717, 1.165) is 17.7 Å². The highest BCUT2D eigenvalue weighted by Gasteiger charge is 2.42.